The molecule has 138 valence electrons. The van der Waals surface area contributed by atoms with Gasteiger partial charge in [0.15, 0.2) is 4.34 Å². The standard InChI is InChI=1S/C17H20N4O3S2/c1-11-4-3-5-13(8-11)21-10-12(9-14(21)22)15(23)18-16-19-20-17(26-16)25-7-6-24-2/h3-5,8,12H,6-7,9-10H2,1-2H3,(H,18,19,23)/t12-/m1/s1. The number of amides is 2. The molecule has 1 fully saturated rings. The minimum absolute atomic E-state index is 0.0381. The molecule has 26 heavy (non-hydrogen) atoms. The number of aromatic nitrogens is 2. The van der Waals surface area contributed by atoms with E-state index in [0.29, 0.717) is 18.3 Å². The highest BCUT2D eigenvalue weighted by Gasteiger charge is 2.35. The average molecular weight is 393 g/mol. The molecule has 3 rings (SSSR count). The monoisotopic (exact) mass is 392 g/mol. The quantitative estimate of drug-likeness (QED) is 0.443. The van der Waals surface area contributed by atoms with Crippen molar-refractivity contribution in [3.63, 3.8) is 0 Å². The third-order valence-corrected chi connectivity index (χ3v) is 5.90. The lowest BCUT2D eigenvalue weighted by Crippen LogP contribution is -2.28. The lowest BCUT2D eigenvalue weighted by Gasteiger charge is -2.17. The maximum atomic E-state index is 12.5. The summed E-state index contributed by atoms with van der Waals surface area (Å²) in [6, 6.07) is 7.73. The number of ether oxygens (including phenoxy) is 1. The van der Waals surface area contributed by atoms with Crippen LogP contribution in [0, 0.1) is 12.8 Å². The molecule has 0 spiro atoms. The first kappa shape index (κ1) is 18.8. The van der Waals surface area contributed by atoms with E-state index >= 15 is 0 Å². The molecular formula is C17H20N4O3S2. The van der Waals surface area contributed by atoms with Gasteiger partial charge in [0.05, 0.1) is 12.5 Å². The minimum Gasteiger partial charge on any atom is -0.384 e. The zero-order valence-corrected chi connectivity index (χ0v) is 16.2. The largest absolute Gasteiger partial charge is 0.384 e. The molecule has 0 saturated carbocycles. The van der Waals surface area contributed by atoms with E-state index in [1.165, 1.54) is 23.1 Å². The molecule has 0 radical (unpaired) electrons. The van der Waals surface area contributed by atoms with E-state index in [9.17, 15) is 9.59 Å². The van der Waals surface area contributed by atoms with Gasteiger partial charge < -0.3 is 15.0 Å². The second kappa shape index (κ2) is 8.61. The van der Waals surface area contributed by atoms with Gasteiger partial charge in [-0.05, 0) is 24.6 Å². The Morgan fingerprint density at radius 3 is 3.08 bits per heavy atom. The topological polar surface area (TPSA) is 84.4 Å². The maximum Gasteiger partial charge on any atom is 0.231 e. The van der Waals surface area contributed by atoms with Crippen LogP contribution in [0.2, 0.25) is 0 Å². The van der Waals surface area contributed by atoms with Crippen molar-refractivity contribution in [3.05, 3.63) is 29.8 Å². The number of hydrogen-bond donors (Lipinski definition) is 1. The molecule has 2 amide bonds. The Bertz CT molecular complexity index is 796. The van der Waals surface area contributed by atoms with Crippen LogP contribution < -0.4 is 10.2 Å². The maximum absolute atomic E-state index is 12.5. The lowest BCUT2D eigenvalue weighted by molar-refractivity contribution is -0.122. The van der Waals surface area contributed by atoms with Gasteiger partial charge in [-0.3, -0.25) is 9.59 Å². The molecule has 1 saturated heterocycles. The third kappa shape index (κ3) is 4.60. The van der Waals surface area contributed by atoms with Crippen molar-refractivity contribution >= 4 is 45.7 Å². The van der Waals surface area contributed by atoms with Crippen LogP contribution in [0.1, 0.15) is 12.0 Å². The lowest BCUT2D eigenvalue weighted by atomic mass is 10.1. The summed E-state index contributed by atoms with van der Waals surface area (Å²) in [4.78, 5) is 26.5. The van der Waals surface area contributed by atoms with Crippen molar-refractivity contribution in [3.8, 4) is 0 Å². The van der Waals surface area contributed by atoms with Crippen LogP contribution in [0.5, 0.6) is 0 Å². The van der Waals surface area contributed by atoms with E-state index < -0.39 is 5.92 Å². The van der Waals surface area contributed by atoms with Crippen molar-refractivity contribution in [2.45, 2.75) is 17.7 Å². The molecule has 0 aliphatic carbocycles. The van der Waals surface area contributed by atoms with E-state index in [2.05, 4.69) is 15.5 Å². The normalized spacial score (nSPS) is 16.9. The van der Waals surface area contributed by atoms with Crippen molar-refractivity contribution in [2.75, 3.05) is 36.2 Å². The van der Waals surface area contributed by atoms with Gasteiger partial charge in [-0.1, -0.05) is 35.2 Å². The van der Waals surface area contributed by atoms with E-state index in [1.807, 2.05) is 31.2 Å². The number of aryl methyl sites for hydroxylation is 1. The molecule has 2 heterocycles. The molecule has 1 aromatic heterocycles. The van der Waals surface area contributed by atoms with Crippen molar-refractivity contribution < 1.29 is 14.3 Å². The molecule has 2 aromatic rings. The number of nitrogens with zero attached hydrogens (tertiary/aromatic N) is 3. The Morgan fingerprint density at radius 1 is 1.46 bits per heavy atom. The Labute approximate surface area is 160 Å². The number of anilines is 2. The fourth-order valence-corrected chi connectivity index (χ4v) is 4.39. The molecule has 9 heteroatoms. The van der Waals surface area contributed by atoms with Gasteiger partial charge in [0.1, 0.15) is 0 Å². The first-order valence-corrected chi connectivity index (χ1v) is 10.00. The van der Waals surface area contributed by atoms with Crippen molar-refractivity contribution in [1.82, 2.24) is 10.2 Å². The predicted octanol–water partition coefficient (Wildman–Crippen LogP) is 2.58. The zero-order chi connectivity index (χ0) is 18.5. The van der Waals surface area contributed by atoms with E-state index in [4.69, 9.17) is 4.74 Å². The number of rotatable bonds is 7. The number of benzene rings is 1. The summed E-state index contributed by atoms with van der Waals surface area (Å²) < 4.78 is 5.77. The van der Waals surface area contributed by atoms with Gasteiger partial charge in [-0.25, -0.2) is 0 Å². The van der Waals surface area contributed by atoms with E-state index in [-0.39, 0.29) is 18.2 Å². The molecule has 0 unspecified atom stereocenters. The van der Waals surface area contributed by atoms with Gasteiger partial charge in [-0.15, -0.1) is 10.2 Å². The second-order valence-corrected chi connectivity index (χ2v) is 8.27. The Hall–Kier alpha value is -1.97. The number of hydrogen-bond acceptors (Lipinski definition) is 7. The van der Waals surface area contributed by atoms with Crippen molar-refractivity contribution in [1.29, 1.82) is 0 Å². The molecule has 1 aliphatic heterocycles. The summed E-state index contributed by atoms with van der Waals surface area (Å²) in [7, 11) is 1.65. The highest BCUT2D eigenvalue weighted by atomic mass is 32.2. The number of methoxy groups -OCH3 is 1. The summed E-state index contributed by atoms with van der Waals surface area (Å²) >= 11 is 2.86. The van der Waals surface area contributed by atoms with Crippen LogP contribution in [0.15, 0.2) is 28.6 Å². The van der Waals surface area contributed by atoms with Crippen LogP contribution in [0.25, 0.3) is 0 Å². The van der Waals surface area contributed by atoms with Gasteiger partial charge in [0.2, 0.25) is 16.9 Å². The number of carbonyl (C=O) groups is 2. The van der Waals surface area contributed by atoms with Gasteiger partial charge in [0, 0.05) is 31.5 Å². The third-order valence-electron chi connectivity index (χ3n) is 3.96. The second-order valence-electron chi connectivity index (χ2n) is 5.95. The number of nitrogens with one attached hydrogen (secondary N) is 1. The molecule has 1 aromatic carbocycles. The van der Waals surface area contributed by atoms with Gasteiger partial charge >= 0.3 is 0 Å². The molecule has 1 N–H and O–H groups in total. The van der Waals surface area contributed by atoms with E-state index in [0.717, 1.165) is 21.3 Å². The molecule has 7 nitrogen and oxygen atoms in total. The van der Waals surface area contributed by atoms with Crippen LogP contribution in [0.3, 0.4) is 0 Å². The summed E-state index contributed by atoms with van der Waals surface area (Å²) in [6.45, 7) is 2.99. The van der Waals surface area contributed by atoms with Crippen LogP contribution >= 0.6 is 23.1 Å². The first-order chi connectivity index (χ1) is 12.6. The Morgan fingerprint density at radius 2 is 2.31 bits per heavy atom. The highest BCUT2D eigenvalue weighted by molar-refractivity contribution is 8.01. The van der Waals surface area contributed by atoms with Gasteiger partial charge in [0.25, 0.3) is 0 Å². The number of carbonyl (C=O) groups excluding carboxylic acids is 2. The summed E-state index contributed by atoms with van der Waals surface area (Å²) in [5, 5.41) is 11.3. The van der Waals surface area contributed by atoms with Crippen LogP contribution in [0.4, 0.5) is 10.8 Å². The minimum atomic E-state index is -0.392. The SMILES string of the molecule is COCCSc1nnc(NC(=O)[C@@H]2CC(=O)N(c3cccc(C)c3)C2)s1. The van der Waals surface area contributed by atoms with E-state index in [1.54, 1.807) is 12.0 Å². The summed E-state index contributed by atoms with van der Waals surface area (Å²) in [5.41, 5.74) is 1.91. The Kier molecular flexibility index (Phi) is 6.23. The smallest absolute Gasteiger partial charge is 0.231 e. The summed E-state index contributed by atoms with van der Waals surface area (Å²) in [5.74, 6) is 0.153. The van der Waals surface area contributed by atoms with Crippen LogP contribution in [-0.2, 0) is 14.3 Å². The van der Waals surface area contributed by atoms with Crippen LogP contribution in [-0.4, -0.2) is 48.0 Å². The fourth-order valence-electron chi connectivity index (χ4n) is 2.67. The molecular weight excluding hydrogens is 372 g/mol. The predicted molar refractivity (Wildman–Crippen MR) is 103 cm³/mol. The molecule has 1 atom stereocenters. The van der Waals surface area contributed by atoms with Gasteiger partial charge in [-0.2, -0.15) is 0 Å². The summed E-state index contributed by atoms with van der Waals surface area (Å²) in [6.07, 6.45) is 0.202. The zero-order valence-electron chi connectivity index (χ0n) is 14.6. The molecule has 1 aliphatic rings. The first-order valence-electron chi connectivity index (χ1n) is 8.20. The fraction of sp³-hybridized carbons (Fsp3) is 0.412. The highest BCUT2D eigenvalue weighted by Crippen LogP contribution is 2.28. The Balaban J connectivity index is 1.58. The average Bonchev–Trinajstić information content (AvgIpc) is 3.22. The van der Waals surface area contributed by atoms with Crippen molar-refractivity contribution in [2.24, 2.45) is 5.92 Å². The molecule has 0 bridgehead atoms. The number of thioether (sulfide) groups is 1.